The third-order valence-electron chi connectivity index (χ3n) is 2.50. The van der Waals surface area contributed by atoms with Crippen molar-refractivity contribution >= 4 is 21.9 Å². The summed E-state index contributed by atoms with van der Waals surface area (Å²) in [6, 6.07) is 7.47. The molecule has 0 aliphatic heterocycles. The predicted molar refractivity (Wildman–Crippen MR) is 72.2 cm³/mol. The Morgan fingerprint density at radius 1 is 1.47 bits per heavy atom. The molecule has 0 aliphatic carbocycles. The molecule has 5 nitrogen and oxygen atoms in total. The van der Waals surface area contributed by atoms with Crippen LogP contribution in [0.2, 0.25) is 0 Å². The quantitative estimate of drug-likeness (QED) is 0.810. The van der Waals surface area contributed by atoms with E-state index in [-0.39, 0.29) is 18.8 Å². The molecule has 2 aromatic rings. The molecule has 0 saturated heterocycles. The highest BCUT2D eigenvalue weighted by molar-refractivity contribution is 9.10. The van der Waals surface area contributed by atoms with Crippen LogP contribution in [0.15, 0.2) is 44.2 Å². The van der Waals surface area contributed by atoms with Gasteiger partial charge in [0.1, 0.15) is 6.26 Å². The number of hydrogen-bond donors (Lipinski definition) is 0. The number of carbonyl (C=O) groups is 1. The van der Waals surface area contributed by atoms with Gasteiger partial charge in [-0.1, -0.05) is 28.1 Å². The summed E-state index contributed by atoms with van der Waals surface area (Å²) < 4.78 is 11.8. The number of ether oxygens (including phenoxy) is 1. The van der Waals surface area contributed by atoms with Crippen LogP contribution in [-0.2, 0) is 11.3 Å². The van der Waals surface area contributed by atoms with Gasteiger partial charge < -0.3 is 9.15 Å². The lowest BCUT2D eigenvalue weighted by molar-refractivity contribution is 0.0513. The summed E-state index contributed by atoms with van der Waals surface area (Å²) in [4.78, 5) is 23.3. The molecule has 6 heteroatoms. The number of halogens is 1. The van der Waals surface area contributed by atoms with Crippen molar-refractivity contribution in [3.8, 4) is 0 Å². The van der Waals surface area contributed by atoms with Crippen LogP contribution in [-0.4, -0.2) is 17.1 Å². The van der Waals surface area contributed by atoms with Crippen molar-refractivity contribution in [1.29, 1.82) is 0 Å². The third-order valence-corrected chi connectivity index (χ3v) is 2.99. The maximum Gasteiger partial charge on any atom is 0.419 e. The Balaban J connectivity index is 2.32. The number of benzene rings is 1. The van der Waals surface area contributed by atoms with E-state index in [0.717, 1.165) is 16.3 Å². The second-order valence-electron chi connectivity index (χ2n) is 3.82. The van der Waals surface area contributed by atoms with Crippen LogP contribution < -0.4 is 5.76 Å². The van der Waals surface area contributed by atoms with Gasteiger partial charge in [0, 0.05) is 4.47 Å². The number of esters is 1. The molecule has 2 rings (SSSR count). The molecule has 1 aromatic heterocycles. The largest absolute Gasteiger partial charge is 0.461 e. The lowest BCUT2D eigenvalue weighted by Crippen LogP contribution is -2.21. The third kappa shape index (κ3) is 3.14. The van der Waals surface area contributed by atoms with Gasteiger partial charge in [0.25, 0.3) is 0 Å². The standard InChI is InChI=1S/C13H12BrNO4/c1-2-18-12(16)11-8-19-13(17)15(11)7-9-4-3-5-10(14)6-9/h3-6,8H,2,7H2,1H3. The molecular formula is C13H12BrNO4. The molecule has 0 aliphatic rings. The fourth-order valence-electron chi connectivity index (χ4n) is 1.66. The second kappa shape index (κ2) is 5.88. The maximum absolute atomic E-state index is 11.7. The van der Waals surface area contributed by atoms with Gasteiger partial charge in [-0.3, -0.25) is 4.57 Å². The van der Waals surface area contributed by atoms with Crippen LogP contribution in [0, 0.1) is 0 Å². The minimum absolute atomic E-state index is 0.117. The van der Waals surface area contributed by atoms with Crippen molar-refractivity contribution in [3.63, 3.8) is 0 Å². The molecule has 0 atom stereocenters. The predicted octanol–water partition coefficient (Wildman–Crippen LogP) is 2.43. The van der Waals surface area contributed by atoms with Crippen LogP contribution in [0.5, 0.6) is 0 Å². The monoisotopic (exact) mass is 325 g/mol. The molecule has 0 N–H and O–H groups in total. The molecule has 0 fully saturated rings. The second-order valence-corrected chi connectivity index (χ2v) is 4.74. The Kier molecular flexibility index (Phi) is 4.21. The molecule has 0 amide bonds. The Hall–Kier alpha value is -1.82. The van der Waals surface area contributed by atoms with Crippen molar-refractivity contribution in [3.05, 3.63) is 56.8 Å². The van der Waals surface area contributed by atoms with Crippen molar-refractivity contribution in [2.24, 2.45) is 0 Å². The Morgan fingerprint density at radius 3 is 2.95 bits per heavy atom. The van der Waals surface area contributed by atoms with Crippen molar-refractivity contribution < 1.29 is 13.9 Å². The number of aromatic nitrogens is 1. The number of hydrogen-bond acceptors (Lipinski definition) is 4. The molecule has 0 saturated carbocycles. The molecule has 100 valence electrons. The minimum atomic E-state index is -0.581. The van der Waals surface area contributed by atoms with Gasteiger partial charge in [0.2, 0.25) is 0 Å². The highest BCUT2D eigenvalue weighted by atomic mass is 79.9. The highest BCUT2D eigenvalue weighted by Crippen LogP contribution is 2.13. The van der Waals surface area contributed by atoms with Gasteiger partial charge in [-0.05, 0) is 24.6 Å². The molecule has 1 aromatic carbocycles. The van der Waals surface area contributed by atoms with E-state index in [2.05, 4.69) is 15.9 Å². The average molecular weight is 326 g/mol. The summed E-state index contributed by atoms with van der Waals surface area (Å²) in [5.41, 5.74) is 0.996. The smallest absolute Gasteiger partial charge is 0.419 e. The number of rotatable bonds is 4. The van der Waals surface area contributed by atoms with Crippen LogP contribution >= 0.6 is 15.9 Å². The van der Waals surface area contributed by atoms with Crippen LogP contribution in [0.1, 0.15) is 23.0 Å². The van der Waals surface area contributed by atoms with Crippen molar-refractivity contribution in [2.75, 3.05) is 6.61 Å². The van der Waals surface area contributed by atoms with Crippen molar-refractivity contribution in [2.45, 2.75) is 13.5 Å². The SMILES string of the molecule is CCOC(=O)c1coc(=O)n1Cc1cccc(Br)c1. The fraction of sp³-hybridized carbons (Fsp3) is 0.231. The summed E-state index contributed by atoms with van der Waals surface area (Å²) in [6.45, 7) is 2.20. The summed E-state index contributed by atoms with van der Waals surface area (Å²) >= 11 is 3.35. The van der Waals surface area contributed by atoms with Gasteiger partial charge in [0.15, 0.2) is 5.69 Å². The number of oxazole rings is 1. The van der Waals surface area contributed by atoms with E-state index in [0.29, 0.717) is 0 Å². The van der Waals surface area contributed by atoms with Gasteiger partial charge in [-0.25, -0.2) is 9.59 Å². The maximum atomic E-state index is 11.7. The van der Waals surface area contributed by atoms with Crippen LogP contribution in [0.4, 0.5) is 0 Å². The topological polar surface area (TPSA) is 61.4 Å². The first-order valence-electron chi connectivity index (χ1n) is 5.71. The normalized spacial score (nSPS) is 10.4. The van der Waals surface area contributed by atoms with Gasteiger partial charge in [-0.2, -0.15) is 0 Å². The molecule has 0 unspecified atom stereocenters. The Labute approximate surface area is 117 Å². The van der Waals surface area contributed by atoms with E-state index in [1.807, 2.05) is 24.3 Å². The lowest BCUT2D eigenvalue weighted by atomic mass is 10.2. The summed E-state index contributed by atoms with van der Waals surface area (Å²) in [5.74, 6) is -1.15. The van der Waals surface area contributed by atoms with Gasteiger partial charge in [-0.15, -0.1) is 0 Å². The summed E-state index contributed by atoms with van der Waals surface area (Å²) in [6.07, 6.45) is 1.12. The zero-order valence-electron chi connectivity index (χ0n) is 10.3. The van der Waals surface area contributed by atoms with Crippen molar-refractivity contribution in [1.82, 2.24) is 4.57 Å². The highest BCUT2D eigenvalue weighted by Gasteiger charge is 2.17. The van der Waals surface area contributed by atoms with Crippen LogP contribution in [0.3, 0.4) is 0 Å². The molecule has 0 spiro atoms. The first-order chi connectivity index (χ1) is 9.11. The van der Waals surface area contributed by atoms with E-state index in [1.54, 1.807) is 6.92 Å². The molecule has 0 bridgehead atoms. The lowest BCUT2D eigenvalue weighted by Gasteiger charge is -2.06. The average Bonchev–Trinajstić information content (AvgIpc) is 2.72. The molecule has 1 heterocycles. The minimum Gasteiger partial charge on any atom is -0.461 e. The van der Waals surface area contributed by atoms with Gasteiger partial charge >= 0.3 is 11.7 Å². The molecular weight excluding hydrogens is 314 g/mol. The fourth-order valence-corrected chi connectivity index (χ4v) is 2.11. The summed E-state index contributed by atoms with van der Waals surface area (Å²) in [5, 5.41) is 0. The Bertz CT molecular complexity index is 644. The van der Waals surface area contributed by atoms with Gasteiger partial charge in [0.05, 0.1) is 13.2 Å². The molecule has 0 radical (unpaired) electrons. The zero-order chi connectivity index (χ0) is 13.8. The van der Waals surface area contributed by atoms with E-state index >= 15 is 0 Å². The Morgan fingerprint density at radius 2 is 2.26 bits per heavy atom. The molecule has 19 heavy (non-hydrogen) atoms. The summed E-state index contributed by atoms with van der Waals surface area (Å²) in [7, 11) is 0. The van der Waals surface area contributed by atoms with Crippen LogP contribution in [0.25, 0.3) is 0 Å². The van der Waals surface area contributed by atoms with E-state index in [4.69, 9.17) is 9.15 Å². The van der Waals surface area contributed by atoms with E-state index < -0.39 is 11.7 Å². The first kappa shape index (κ1) is 13.6. The number of nitrogens with zero attached hydrogens (tertiary/aromatic N) is 1. The van der Waals surface area contributed by atoms with E-state index in [9.17, 15) is 9.59 Å². The zero-order valence-corrected chi connectivity index (χ0v) is 11.8. The van der Waals surface area contributed by atoms with E-state index in [1.165, 1.54) is 4.57 Å². The first-order valence-corrected chi connectivity index (χ1v) is 6.51. The number of carbonyl (C=O) groups excluding carboxylic acids is 1.